The molecule has 8 heteroatoms. The number of H-pyrrole nitrogens is 1. The largest absolute Gasteiger partial charge is 0.462 e. The van der Waals surface area contributed by atoms with Crippen molar-refractivity contribution in [2.24, 2.45) is 12.0 Å². The van der Waals surface area contributed by atoms with Crippen LogP contribution in [0.2, 0.25) is 0 Å². The minimum atomic E-state index is -0.642. The molecular formula is C9H12N4O3S. The molecule has 0 aromatic carbocycles. The van der Waals surface area contributed by atoms with Crippen LogP contribution in [0.15, 0.2) is 9.79 Å². The number of nitrogens with two attached hydrogens (primary N) is 1. The molecule has 3 N–H and O–H groups in total. The summed E-state index contributed by atoms with van der Waals surface area (Å²) in [4.78, 5) is 29.0. The van der Waals surface area contributed by atoms with Crippen LogP contribution in [0, 0.1) is 4.77 Å². The number of carbonyl (C=O) groups excluding carboxylic acids is 1. The highest BCUT2D eigenvalue weighted by atomic mass is 32.1. The van der Waals surface area contributed by atoms with Crippen LogP contribution >= 0.6 is 12.2 Å². The van der Waals surface area contributed by atoms with Crippen molar-refractivity contribution >= 4 is 35.9 Å². The number of hydrogen-bond acceptors (Lipinski definition) is 6. The van der Waals surface area contributed by atoms with Gasteiger partial charge in [-0.15, -0.1) is 0 Å². The highest BCUT2D eigenvalue weighted by molar-refractivity contribution is 7.71. The summed E-state index contributed by atoms with van der Waals surface area (Å²) in [6, 6.07) is 0. The third kappa shape index (κ3) is 3.00. The lowest BCUT2D eigenvalue weighted by molar-refractivity contribution is -0.134. The molecule has 0 saturated heterocycles. The SMILES string of the molecule is CCOC(=O)C=Nc1c(N)[nH]c(=S)n(C)c1=O. The third-order valence-corrected chi connectivity index (χ3v) is 2.27. The van der Waals surface area contributed by atoms with E-state index in [0.717, 1.165) is 6.21 Å². The van der Waals surface area contributed by atoms with Gasteiger partial charge in [0, 0.05) is 7.05 Å². The summed E-state index contributed by atoms with van der Waals surface area (Å²) in [5.41, 5.74) is 5.00. The first-order chi connectivity index (χ1) is 7.97. The van der Waals surface area contributed by atoms with Crippen molar-refractivity contribution in [1.82, 2.24) is 9.55 Å². The topological polar surface area (TPSA) is 102 Å². The lowest BCUT2D eigenvalue weighted by Crippen LogP contribution is -2.20. The van der Waals surface area contributed by atoms with Gasteiger partial charge in [0.1, 0.15) is 12.0 Å². The molecule has 0 bridgehead atoms. The lowest BCUT2D eigenvalue weighted by atomic mass is 10.4. The zero-order chi connectivity index (χ0) is 13.0. The number of rotatable bonds is 3. The molecule has 1 rings (SSSR count). The molecule has 1 aromatic rings. The lowest BCUT2D eigenvalue weighted by Gasteiger charge is -2.03. The predicted molar refractivity (Wildman–Crippen MR) is 66.1 cm³/mol. The molecule has 17 heavy (non-hydrogen) atoms. The number of hydrogen-bond donors (Lipinski definition) is 2. The van der Waals surface area contributed by atoms with Crippen molar-refractivity contribution in [2.75, 3.05) is 12.3 Å². The maximum Gasteiger partial charge on any atom is 0.349 e. The van der Waals surface area contributed by atoms with Crippen LogP contribution in [-0.4, -0.2) is 28.3 Å². The van der Waals surface area contributed by atoms with Gasteiger partial charge in [-0.3, -0.25) is 9.36 Å². The maximum absolute atomic E-state index is 11.7. The van der Waals surface area contributed by atoms with E-state index < -0.39 is 11.5 Å². The minimum Gasteiger partial charge on any atom is -0.462 e. The molecule has 0 amide bonds. The summed E-state index contributed by atoms with van der Waals surface area (Å²) in [5, 5.41) is 0. The number of nitrogens with zero attached hydrogens (tertiary/aromatic N) is 2. The molecule has 0 radical (unpaired) electrons. The van der Waals surface area contributed by atoms with Crippen molar-refractivity contribution in [3.63, 3.8) is 0 Å². The van der Waals surface area contributed by atoms with E-state index in [1.807, 2.05) is 0 Å². The zero-order valence-electron chi connectivity index (χ0n) is 9.39. The second kappa shape index (κ2) is 5.39. The van der Waals surface area contributed by atoms with Crippen molar-refractivity contribution in [1.29, 1.82) is 0 Å². The first kappa shape index (κ1) is 13.1. The molecular weight excluding hydrogens is 244 g/mol. The first-order valence-electron chi connectivity index (χ1n) is 4.77. The zero-order valence-corrected chi connectivity index (χ0v) is 10.2. The molecule has 0 aliphatic rings. The number of nitrogen functional groups attached to an aromatic ring is 1. The number of aromatic amines is 1. The molecule has 0 aliphatic carbocycles. The Morgan fingerprint density at radius 3 is 2.94 bits per heavy atom. The van der Waals surface area contributed by atoms with E-state index in [9.17, 15) is 9.59 Å². The summed E-state index contributed by atoms with van der Waals surface area (Å²) in [7, 11) is 1.48. The van der Waals surface area contributed by atoms with Crippen LogP contribution < -0.4 is 11.3 Å². The predicted octanol–water partition coefficient (Wildman–Crippen LogP) is 0.290. The van der Waals surface area contributed by atoms with Crippen molar-refractivity contribution in [3.05, 3.63) is 15.1 Å². The summed E-state index contributed by atoms with van der Waals surface area (Å²) >= 11 is 4.85. The highest BCUT2D eigenvalue weighted by Crippen LogP contribution is 2.11. The summed E-state index contributed by atoms with van der Waals surface area (Å²) in [6.07, 6.45) is 0.896. The monoisotopic (exact) mass is 256 g/mol. The average Bonchev–Trinajstić information content (AvgIpc) is 2.26. The van der Waals surface area contributed by atoms with E-state index in [1.54, 1.807) is 6.92 Å². The van der Waals surface area contributed by atoms with Crippen molar-refractivity contribution < 1.29 is 9.53 Å². The van der Waals surface area contributed by atoms with Gasteiger partial charge < -0.3 is 15.5 Å². The van der Waals surface area contributed by atoms with Crippen LogP contribution in [-0.2, 0) is 16.6 Å². The Kier molecular flexibility index (Phi) is 4.16. The molecule has 0 atom stereocenters. The van der Waals surface area contributed by atoms with Crippen molar-refractivity contribution in [2.45, 2.75) is 6.92 Å². The Morgan fingerprint density at radius 1 is 1.71 bits per heavy atom. The fraction of sp³-hybridized carbons (Fsp3) is 0.333. The summed E-state index contributed by atoms with van der Waals surface area (Å²) in [6.45, 7) is 1.90. The quantitative estimate of drug-likeness (QED) is 0.459. The third-order valence-electron chi connectivity index (χ3n) is 1.89. The molecule has 1 heterocycles. The van der Waals surface area contributed by atoms with Crippen LogP contribution in [0.3, 0.4) is 0 Å². The Morgan fingerprint density at radius 2 is 2.35 bits per heavy atom. The molecule has 92 valence electrons. The normalized spacial score (nSPS) is 10.7. The average molecular weight is 256 g/mol. The standard InChI is InChI=1S/C9H12N4O3S/c1-3-16-5(14)4-11-6-7(10)12-9(17)13(2)8(6)15/h4H,3,10H2,1-2H3,(H,12,17). The molecule has 0 fully saturated rings. The number of nitrogens with one attached hydrogen (secondary N) is 1. The van der Waals surface area contributed by atoms with Gasteiger partial charge in [-0.2, -0.15) is 0 Å². The molecule has 0 saturated carbocycles. The van der Waals surface area contributed by atoms with Crippen LogP contribution in [0.4, 0.5) is 11.5 Å². The number of carbonyl (C=O) groups is 1. The van der Waals surface area contributed by atoms with E-state index in [2.05, 4.69) is 14.7 Å². The van der Waals surface area contributed by atoms with Crippen LogP contribution in [0.5, 0.6) is 0 Å². The number of anilines is 1. The van der Waals surface area contributed by atoms with Crippen molar-refractivity contribution in [3.8, 4) is 0 Å². The highest BCUT2D eigenvalue weighted by Gasteiger charge is 2.07. The van der Waals surface area contributed by atoms with Gasteiger partial charge in [-0.25, -0.2) is 9.79 Å². The Labute approximate surface area is 102 Å². The molecule has 1 aromatic heterocycles. The van der Waals surface area contributed by atoms with Gasteiger partial charge in [-0.05, 0) is 19.1 Å². The van der Waals surface area contributed by atoms with Gasteiger partial charge in [0.2, 0.25) is 0 Å². The smallest absolute Gasteiger partial charge is 0.349 e. The van der Waals surface area contributed by atoms with Gasteiger partial charge in [-0.1, -0.05) is 0 Å². The number of aromatic nitrogens is 2. The Hall–Kier alpha value is -1.96. The summed E-state index contributed by atoms with van der Waals surface area (Å²) in [5.74, 6) is -0.630. The Bertz CT molecular complexity index is 573. The first-order valence-corrected chi connectivity index (χ1v) is 5.17. The summed E-state index contributed by atoms with van der Waals surface area (Å²) < 4.78 is 5.98. The number of ether oxygens (including phenoxy) is 1. The maximum atomic E-state index is 11.7. The molecule has 0 aliphatic heterocycles. The molecule has 0 spiro atoms. The number of esters is 1. The fourth-order valence-electron chi connectivity index (χ4n) is 1.05. The molecule has 7 nitrogen and oxygen atoms in total. The van der Waals surface area contributed by atoms with E-state index >= 15 is 0 Å². The van der Waals surface area contributed by atoms with E-state index in [-0.39, 0.29) is 22.9 Å². The van der Waals surface area contributed by atoms with Crippen LogP contribution in [0.25, 0.3) is 0 Å². The minimum absolute atomic E-state index is 0.0126. The van der Waals surface area contributed by atoms with Gasteiger partial charge >= 0.3 is 5.97 Å². The molecule has 0 unspecified atom stereocenters. The van der Waals surface area contributed by atoms with Gasteiger partial charge in [0.15, 0.2) is 10.5 Å². The second-order valence-electron chi connectivity index (χ2n) is 3.07. The van der Waals surface area contributed by atoms with Gasteiger partial charge in [0.05, 0.1) is 6.61 Å². The van der Waals surface area contributed by atoms with E-state index in [1.165, 1.54) is 11.6 Å². The number of aliphatic imine (C=N–C) groups is 1. The van der Waals surface area contributed by atoms with Crippen LogP contribution in [0.1, 0.15) is 6.92 Å². The fourth-order valence-corrected chi connectivity index (χ4v) is 1.24. The Balaban J connectivity index is 3.16. The van der Waals surface area contributed by atoms with Gasteiger partial charge in [0.25, 0.3) is 5.56 Å². The second-order valence-corrected chi connectivity index (χ2v) is 3.45. The van der Waals surface area contributed by atoms with E-state index in [4.69, 9.17) is 18.0 Å². The van der Waals surface area contributed by atoms with E-state index in [0.29, 0.717) is 0 Å².